The zero-order valence-corrected chi connectivity index (χ0v) is 14.9. The summed E-state index contributed by atoms with van der Waals surface area (Å²) in [5.74, 6) is 0.930. The number of aryl methyl sites for hydroxylation is 1. The van der Waals surface area contributed by atoms with E-state index in [-0.39, 0.29) is 5.75 Å². The number of benzene rings is 2. The van der Waals surface area contributed by atoms with Crippen LogP contribution >= 0.6 is 0 Å². The molecule has 4 aromatic rings. The first-order valence-corrected chi connectivity index (χ1v) is 8.74. The van der Waals surface area contributed by atoms with Gasteiger partial charge in [-0.05, 0) is 24.6 Å². The predicted molar refractivity (Wildman–Crippen MR) is 105 cm³/mol. The zero-order valence-electron chi connectivity index (χ0n) is 14.9. The minimum Gasteiger partial charge on any atom is -0.508 e. The van der Waals surface area contributed by atoms with E-state index in [1.165, 1.54) is 0 Å². The molecule has 136 valence electrons. The van der Waals surface area contributed by atoms with E-state index in [1.807, 2.05) is 49.4 Å². The summed E-state index contributed by atoms with van der Waals surface area (Å²) < 4.78 is 1.74. The molecule has 3 N–H and O–H groups in total. The summed E-state index contributed by atoms with van der Waals surface area (Å²) in [5, 5.41) is 27.6. The van der Waals surface area contributed by atoms with E-state index < -0.39 is 6.10 Å². The summed E-state index contributed by atoms with van der Waals surface area (Å²) in [6.45, 7) is 2.23. The molecule has 0 aliphatic carbocycles. The maximum Gasteiger partial charge on any atom is 0.158 e. The Kier molecular flexibility index (Phi) is 4.48. The van der Waals surface area contributed by atoms with Crippen molar-refractivity contribution in [1.29, 1.82) is 0 Å². The Balaban J connectivity index is 1.64. The number of anilines is 1. The second-order valence-corrected chi connectivity index (χ2v) is 6.44. The van der Waals surface area contributed by atoms with Crippen molar-refractivity contribution in [2.75, 3.05) is 11.9 Å². The third-order valence-corrected chi connectivity index (χ3v) is 4.37. The predicted octanol–water partition coefficient (Wildman–Crippen LogP) is 3.56. The van der Waals surface area contributed by atoms with Crippen molar-refractivity contribution in [2.45, 2.75) is 13.0 Å². The van der Waals surface area contributed by atoms with Gasteiger partial charge in [-0.1, -0.05) is 42.5 Å². The van der Waals surface area contributed by atoms with Crippen LogP contribution in [0, 0.1) is 6.92 Å². The summed E-state index contributed by atoms with van der Waals surface area (Å²) >= 11 is 0. The third kappa shape index (κ3) is 3.61. The Labute approximate surface area is 156 Å². The van der Waals surface area contributed by atoms with Gasteiger partial charge in [0.15, 0.2) is 5.65 Å². The molecule has 0 spiro atoms. The largest absolute Gasteiger partial charge is 0.508 e. The van der Waals surface area contributed by atoms with Crippen LogP contribution in [0.2, 0.25) is 0 Å². The molecule has 2 aromatic carbocycles. The number of nitrogens with zero attached hydrogens (tertiary/aromatic N) is 3. The normalized spacial score (nSPS) is 12.2. The molecule has 0 amide bonds. The van der Waals surface area contributed by atoms with Crippen molar-refractivity contribution >= 4 is 11.5 Å². The minimum absolute atomic E-state index is 0.175. The molecule has 0 radical (unpaired) electrons. The van der Waals surface area contributed by atoms with Gasteiger partial charge in [-0.15, -0.1) is 0 Å². The monoisotopic (exact) mass is 360 g/mol. The molecule has 0 aliphatic rings. The number of aromatic hydroxyl groups is 1. The summed E-state index contributed by atoms with van der Waals surface area (Å²) in [4.78, 5) is 4.69. The maximum atomic E-state index is 10.4. The number of fused-ring (bicyclic) bond motifs is 1. The van der Waals surface area contributed by atoms with Crippen LogP contribution in [-0.2, 0) is 0 Å². The van der Waals surface area contributed by atoms with Crippen molar-refractivity contribution in [2.24, 2.45) is 0 Å². The lowest BCUT2D eigenvalue weighted by molar-refractivity contribution is 0.191. The molecular weight excluding hydrogens is 340 g/mol. The fourth-order valence-electron chi connectivity index (χ4n) is 2.99. The lowest BCUT2D eigenvalue weighted by Crippen LogP contribution is -2.15. The molecule has 2 heterocycles. The highest BCUT2D eigenvalue weighted by atomic mass is 16.3. The molecule has 4 rings (SSSR count). The number of hydrogen-bond acceptors (Lipinski definition) is 5. The average molecular weight is 360 g/mol. The Morgan fingerprint density at radius 2 is 1.78 bits per heavy atom. The van der Waals surface area contributed by atoms with E-state index in [2.05, 4.69) is 10.4 Å². The lowest BCUT2D eigenvalue weighted by Gasteiger charge is -2.15. The van der Waals surface area contributed by atoms with Crippen LogP contribution < -0.4 is 5.32 Å². The Morgan fingerprint density at radius 1 is 1.04 bits per heavy atom. The fraction of sp³-hybridized carbons (Fsp3) is 0.143. The Bertz CT molecular complexity index is 1060. The lowest BCUT2D eigenvalue weighted by atomic mass is 10.1. The van der Waals surface area contributed by atoms with E-state index in [0.717, 1.165) is 34.0 Å². The number of phenolic OH excluding ortho intramolecular Hbond substituents is 1. The van der Waals surface area contributed by atoms with Gasteiger partial charge < -0.3 is 15.5 Å². The summed E-state index contributed by atoms with van der Waals surface area (Å²) in [6.07, 6.45) is -0.717. The summed E-state index contributed by atoms with van der Waals surface area (Å²) in [6, 6.07) is 20.3. The quantitative estimate of drug-likeness (QED) is 0.507. The van der Waals surface area contributed by atoms with Crippen LogP contribution in [0.15, 0.2) is 66.7 Å². The number of aliphatic hydroxyl groups is 1. The molecule has 1 unspecified atom stereocenters. The topological polar surface area (TPSA) is 82.7 Å². The molecule has 1 atom stereocenters. The number of phenols is 1. The Morgan fingerprint density at radius 3 is 2.52 bits per heavy atom. The smallest absolute Gasteiger partial charge is 0.158 e. The minimum atomic E-state index is -0.717. The number of aliphatic hydroxyl groups excluding tert-OH is 1. The van der Waals surface area contributed by atoms with Crippen LogP contribution in [0.3, 0.4) is 0 Å². The van der Waals surface area contributed by atoms with E-state index in [0.29, 0.717) is 6.54 Å². The number of aromatic nitrogens is 3. The highest BCUT2D eigenvalue weighted by Gasteiger charge is 2.12. The van der Waals surface area contributed by atoms with E-state index in [9.17, 15) is 10.2 Å². The van der Waals surface area contributed by atoms with Gasteiger partial charge in [-0.2, -0.15) is 9.61 Å². The van der Waals surface area contributed by atoms with Gasteiger partial charge in [-0.3, -0.25) is 0 Å². The molecule has 27 heavy (non-hydrogen) atoms. The van der Waals surface area contributed by atoms with Crippen LogP contribution in [0.4, 0.5) is 5.82 Å². The SMILES string of the molecule is Cc1cc2nc(-c3ccccc3)cc(NCC(O)c3ccc(O)cc3)n2n1. The van der Waals surface area contributed by atoms with E-state index >= 15 is 0 Å². The average Bonchev–Trinajstić information content (AvgIpc) is 3.07. The van der Waals surface area contributed by atoms with Crippen molar-refractivity contribution < 1.29 is 10.2 Å². The van der Waals surface area contributed by atoms with Gasteiger partial charge in [0.25, 0.3) is 0 Å². The second-order valence-electron chi connectivity index (χ2n) is 6.44. The van der Waals surface area contributed by atoms with Crippen LogP contribution in [-0.4, -0.2) is 31.4 Å². The number of rotatable bonds is 5. The molecule has 6 heteroatoms. The van der Waals surface area contributed by atoms with Gasteiger partial charge in [0.2, 0.25) is 0 Å². The van der Waals surface area contributed by atoms with Gasteiger partial charge in [-0.25, -0.2) is 4.98 Å². The first-order valence-electron chi connectivity index (χ1n) is 8.74. The van der Waals surface area contributed by atoms with Crippen LogP contribution in [0.25, 0.3) is 16.9 Å². The van der Waals surface area contributed by atoms with Crippen molar-refractivity contribution in [3.05, 3.63) is 78.0 Å². The molecule has 0 fully saturated rings. The van der Waals surface area contributed by atoms with Gasteiger partial charge in [0, 0.05) is 24.2 Å². The highest BCUT2D eigenvalue weighted by molar-refractivity contribution is 5.66. The zero-order chi connectivity index (χ0) is 18.8. The summed E-state index contributed by atoms with van der Waals surface area (Å²) in [7, 11) is 0. The number of nitrogens with one attached hydrogen (secondary N) is 1. The third-order valence-electron chi connectivity index (χ3n) is 4.37. The molecule has 6 nitrogen and oxygen atoms in total. The maximum absolute atomic E-state index is 10.4. The fourth-order valence-corrected chi connectivity index (χ4v) is 2.99. The first kappa shape index (κ1) is 17.1. The number of hydrogen-bond donors (Lipinski definition) is 3. The molecule has 0 bridgehead atoms. The van der Waals surface area contributed by atoms with Crippen molar-refractivity contribution in [3.8, 4) is 17.0 Å². The van der Waals surface area contributed by atoms with Gasteiger partial charge in [0.05, 0.1) is 17.5 Å². The van der Waals surface area contributed by atoms with Crippen LogP contribution in [0.5, 0.6) is 5.75 Å². The van der Waals surface area contributed by atoms with Gasteiger partial charge >= 0.3 is 0 Å². The second kappa shape index (κ2) is 7.09. The molecule has 0 aliphatic heterocycles. The van der Waals surface area contributed by atoms with E-state index in [1.54, 1.807) is 28.8 Å². The highest BCUT2D eigenvalue weighted by Crippen LogP contribution is 2.24. The molecule has 0 saturated heterocycles. The van der Waals surface area contributed by atoms with Crippen LogP contribution in [0.1, 0.15) is 17.4 Å². The summed E-state index contributed by atoms with van der Waals surface area (Å²) in [5.41, 5.74) is 4.20. The van der Waals surface area contributed by atoms with Crippen molar-refractivity contribution in [3.63, 3.8) is 0 Å². The van der Waals surface area contributed by atoms with Gasteiger partial charge in [0.1, 0.15) is 11.6 Å². The first-order chi connectivity index (χ1) is 13.1. The molecule has 0 saturated carbocycles. The molecular formula is C21H20N4O2. The molecule has 2 aromatic heterocycles. The standard InChI is InChI=1S/C21H20N4O2/c1-14-11-21-23-18(15-5-3-2-4-6-15)12-20(25(21)24-14)22-13-19(27)16-7-9-17(26)10-8-16/h2-12,19,22,26-27H,13H2,1H3. The van der Waals surface area contributed by atoms with E-state index in [4.69, 9.17) is 4.98 Å². The van der Waals surface area contributed by atoms with Crippen molar-refractivity contribution in [1.82, 2.24) is 14.6 Å². The Hall–Kier alpha value is -3.38.